The molecule has 1 unspecified atom stereocenters. The average molecular weight is 211 g/mol. The first kappa shape index (κ1) is 11.7. The van der Waals surface area contributed by atoms with E-state index in [2.05, 4.69) is 10.3 Å². The summed E-state index contributed by atoms with van der Waals surface area (Å²) in [4.78, 5) is 3.94. The van der Waals surface area contributed by atoms with Gasteiger partial charge in [-0.3, -0.25) is 0 Å². The van der Waals surface area contributed by atoms with Crippen LogP contribution in [0.4, 0.5) is 11.5 Å². The van der Waals surface area contributed by atoms with Gasteiger partial charge in [-0.25, -0.2) is 4.98 Å². The fraction of sp³-hybridized carbons (Fsp3) is 0.500. The molecule has 0 spiro atoms. The van der Waals surface area contributed by atoms with Crippen molar-refractivity contribution in [2.24, 2.45) is 0 Å². The van der Waals surface area contributed by atoms with Crippen molar-refractivity contribution in [3.05, 3.63) is 18.3 Å². The molecule has 1 rings (SSSR count). The molecule has 1 heterocycles. The minimum absolute atomic E-state index is 0.351. The molecule has 0 radical (unpaired) electrons. The van der Waals surface area contributed by atoms with E-state index >= 15 is 0 Å². The Bertz CT molecular complexity index is 294. The van der Waals surface area contributed by atoms with Crippen molar-refractivity contribution in [2.75, 3.05) is 31.3 Å². The number of aromatic nitrogens is 1. The molecule has 0 bridgehead atoms. The number of aliphatic hydroxyl groups excluding tert-OH is 1. The number of nitrogen functional groups attached to an aromatic ring is 1. The second kappa shape index (κ2) is 6.21. The Hall–Kier alpha value is -1.33. The third-order valence-corrected chi connectivity index (χ3v) is 1.99. The van der Waals surface area contributed by atoms with Gasteiger partial charge in [-0.2, -0.15) is 0 Å². The van der Waals surface area contributed by atoms with Crippen molar-refractivity contribution < 1.29 is 9.84 Å². The van der Waals surface area contributed by atoms with Gasteiger partial charge in [-0.15, -0.1) is 0 Å². The normalized spacial score (nSPS) is 12.4. The number of anilines is 2. The Kier molecular flexibility index (Phi) is 4.86. The van der Waals surface area contributed by atoms with Crippen LogP contribution in [-0.4, -0.2) is 36.5 Å². The molecule has 15 heavy (non-hydrogen) atoms. The summed E-state index contributed by atoms with van der Waals surface area (Å²) in [5.41, 5.74) is 6.43. The van der Waals surface area contributed by atoms with Crippen molar-refractivity contribution in [1.29, 1.82) is 0 Å². The van der Waals surface area contributed by atoms with E-state index in [0.29, 0.717) is 25.4 Å². The number of pyridine rings is 1. The largest absolute Gasteiger partial charge is 0.391 e. The number of hydrogen-bond donors (Lipinski definition) is 3. The van der Waals surface area contributed by atoms with E-state index in [4.69, 9.17) is 10.5 Å². The second-order valence-corrected chi connectivity index (χ2v) is 3.26. The van der Waals surface area contributed by atoms with E-state index in [-0.39, 0.29) is 0 Å². The Morgan fingerprint density at radius 1 is 1.67 bits per heavy atom. The summed E-state index contributed by atoms with van der Waals surface area (Å²) < 4.78 is 4.82. The number of methoxy groups -OCH3 is 1. The predicted octanol–water partition coefficient (Wildman–Crippen LogP) is 0.473. The smallest absolute Gasteiger partial charge is 0.146 e. The van der Waals surface area contributed by atoms with Crippen LogP contribution in [-0.2, 0) is 4.74 Å². The molecular formula is C10H17N3O2. The molecule has 1 aromatic rings. The van der Waals surface area contributed by atoms with Crippen molar-refractivity contribution in [3.63, 3.8) is 0 Å². The average Bonchev–Trinajstić information content (AvgIpc) is 2.21. The van der Waals surface area contributed by atoms with Crippen LogP contribution in [0.2, 0.25) is 0 Å². The molecule has 0 saturated heterocycles. The van der Waals surface area contributed by atoms with E-state index in [9.17, 15) is 5.11 Å². The van der Waals surface area contributed by atoms with Crippen LogP contribution in [0, 0.1) is 0 Å². The van der Waals surface area contributed by atoms with Crippen LogP contribution in [0.15, 0.2) is 18.3 Å². The number of nitrogens with two attached hydrogens (primary N) is 1. The summed E-state index contributed by atoms with van der Waals surface area (Å²) in [6.07, 6.45) is 1.81. The molecule has 84 valence electrons. The maximum absolute atomic E-state index is 9.38. The monoisotopic (exact) mass is 211 g/mol. The van der Waals surface area contributed by atoms with Gasteiger partial charge < -0.3 is 20.9 Å². The molecular weight excluding hydrogens is 194 g/mol. The molecule has 0 aliphatic heterocycles. The lowest BCUT2D eigenvalue weighted by Gasteiger charge is -2.11. The summed E-state index contributed by atoms with van der Waals surface area (Å²) in [6.45, 7) is 0.991. The molecule has 0 fully saturated rings. The van der Waals surface area contributed by atoms with Crippen LogP contribution < -0.4 is 11.1 Å². The molecule has 1 atom stereocenters. The van der Waals surface area contributed by atoms with Gasteiger partial charge in [0.2, 0.25) is 0 Å². The number of ether oxygens (including phenoxy) is 1. The SMILES string of the molecule is COCC(O)CCNc1cccnc1N. The Morgan fingerprint density at radius 3 is 3.13 bits per heavy atom. The summed E-state index contributed by atoms with van der Waals surface area (Å²) in [5.74, 6) is 0.471. The van der Waals surface area contributed by atoms with Gasteiger partial charge in [0.05, 0.1) is 18.4 Å². The van der Waals surface area contributed by atoms with Crippen molar-refractivity contribution in [2.45, 2.75) is 12.5 Å². The quantitative estimate of drug-likeness (QED) is 0.637. The highest BCUT2D eigenvalue weighted by atomic mass is 16.5. The van der Waals surface area contributed by atoms with Crippen LogP contribution >= 0.6 is 0 Å². The van der Waals surface area contributed by atoms with E-state index in [0.717, 1.165) is 5.69 Å². The number of hydrogen-bond acceptors (Lipinski definition) is 5. The molecule has 0 amide bonds. The molecule has 1 aromatic heterocycles. The highest BCUT2D eigenvalue weighted by Gasteiger charge is 2.03. The van der Waals surface area contributed by atoms with Gasteiger partial charge in [0.1, 0.15) is 5.82 Å². The Labute approximate surface area is 89.3 Å². The van der Waals surface area contributed by atoms with Crippen LogP contribution in [0.5, 0.6) is 0 Å². The van der Waals surface area contributed by atoms with Crippen LogP contribution in [0.25, 0.3) is 0 Å². The summed E-state index contributed by atoms with van der Waals surface area (Å²) in [7, 11) is 1.57. The van der Waals surface area contributed by atoms with E-state index in [1.165, 1.54) is 0 Å². The van der Waals surface area contributed by atoms with Crippen LogP contribution in [0.1, 0.15) is 6.42 Å². The first-order valence-electron chi connectivity index (χ1n) is 4.85. The van der Waals surface area contributed by atoms with Gasteiger partial charge in [-0.1, -0.05) is 0 Å². The highest BCUT2D eigenvalue weighted by Crippen LogP contribution is 2.13. The topological polar surface area (TPSA) is 80.4 Å². The van der Waals surface area contributed by atoms with Crippen LogP contribution in [0.3, 0.4) is 0 Å². The lowest BCUT2D eigenvalue weighted by atomic mass is 10.2. The third kappa shape index (κ3) is 4.14. The third-order valence-electron chi connectivity index (χ3n) is 1.99. The molecule has 0 aromatic carbocycles. The number of nitrogens with zero attached hydrogens (tertiary/aromatic N) is 1. The number of nitrogens with one attached hydrogen (secondary N) is 1. The zero-order valence-corrected chi connectivity index (χ0v) is 8.81. The zero-order valence-electron chi connectivity index (χ0n) is 8.81. The first-order valence-corrected chi connectivity index (χ1v) is 4.85. The Morgan fingerprint density at radius 2 is 2.47 bits per heavy atom. The van der Waals surface area contributed by atoms with Gasteiger partial charge in [0.15, 0.2) is 0 Å². The minimum Gasteiger partial charge on any atom is -0.391 e. The summed E-state index contributed by atoms with van der Waals surface area (Å²) in [5, 5.41) is 12.5. The molecule has 5 nitrogen and oxygen atoms in total. The van der Waals surface area contributed by atoms with Gasteiger partial charge in [0, 0.05) is 19.9 Å². The molecule has 0 aliphatic carbocycles. The highest BCUT2D eigenvalue weighted by molar-refractivity contribution is 5.60. The first-order chi connectivity index (χ1) is 7.24. The Balaban J connectivity index is 2.29. The molecule has 5 heteroatoms. The lowest BCUT2D eigenvalue weighted by Crippen LogP contribution is -2.18. The second-order valence-electron chi connectivity index (χ2n) is 3.26. The fourth-order valence-corrected chi connectivity index (χ4v) is 1.22. The van der Waals surface area contributed by atoms with Gasteiger partial charge >= 0.3 is 0 Å². The maximum atomic E-state index is 9.38. The zero-order chi connectivity index (χ0) is 11.1. The van der Waals surface area contributed by atoms with Crippen molar-refractivity contribution >= 4 is 11.5 Å². The molecule has 0 saturated carbocycles. The summed E-state index contributed by atoms with van der Waals surface area (Å²) in [6, 6.07) is 3.66. The predicted molar refractivity (Wildman–Crippen MR) is 59.6 cm³/mol. The number of aliphatic hydroxyl groups is 1. The van der Waals surface area contributed by atoms with E-state index in [1.807, 2.05) is 12.1 Å². The standard InChI is InChI=1S/C10H17N3O2/c1-15-7-8(14)4-6-12-9-3-2-5-13-10(9)11/h2-3,5,8,12,14H,4,6-7H2,1H3,(H2,11,13). The fourth-order valence-electron chi connectivity index (χ4n) is 1.22. The maximum Gasteiger partial charge on any atom is 0.146 e. The molecule has 0 aliphatic rings. The number of rotatable bonds is 6. The van der Waals surface area contributed by atoms with E-state index in [1.54, 1.807) is 13.3 Å². The lowest BCUT2D eigenvalue weighted by molar-refractivity contribution is 0.0615. The molecule has 4 N–H and O–H groups in total. The van der Waals surface area contributed by atoms with Crippen molar-refractivity contribution in [3.8, 4) is 0 Å². The van der Waals surface area contributed by atoms with Gasteiger partial charge in [-0.05, 0) is 18.6 Å². The minimum atomic E-state index is -0.444. The van der Waals surface area contributed by atoms with E-state index < -0.39 is 6.10 Å². The van der Waals surface area contributed by atoms with Crippen molar-refractivity contribution in [1.82, 2.24) is 4.98 Å². The summed E-state index contributed by atoms with van der Waals surface area (Å²) >= 11 is 0. The van der Waals surface area contributed by atoms with Gasteiger partial charge in [0.25, 0.3) is 0 Å².